The number of benzene rings is 1. The van der Waals surface area contributed by atoms with Crippen LogP contribution in [0.3, 0.4) is 0 Å². The molecule has 27 heavy (non-hydrogen) atoms. The zero-order valence-corrected chi connectivity index (χ0v) is 14.6. The van der Waals surface area contributed by atoms with Crippen molar-refractivity contribution >= 4 is 16.9 Å². The van der Waals surface area contributed by atoms with Gasteiger partial charge in [0.25, 0.3) is 11.1 Å². The van der Waals surface area contributed by atoms with Gasteiger partial charge in [0.05, 0.1) is 11.3 Å². The Balaban J connectivity index is 2.34. The minimum absolute atomic E-state index is 0.0132. The lowest BCUT2D eigenvalue weighted by atomic mass is 10.3. The van der Waals surface area contributed by atoms with Crippen molar-refractivity contribution in [3.8, 4) is 11.6 Å². The Labute approximate surface area is 149 Å². The lowest BCUT2D eigenvalue weighted by molar-refractivity contribution is 0.439. The highest BCUT2D eigenvalue weighted by Gasteiger charge is 2.23. The highest BCUT2D eigenvalue weighted by molar-refractivity contribution is 5.77. The van der Waals surface area contributed by atoms with Gasteiger partial charge in [0, 0.05) is 14.1 Å². The first-order chi connectivity index (χ1) is 12.7. The van der Waals surface area contributed by atoms with Crippen LogP contribution >= 0.6 is 0 Å². The predicted octanol–water partition coefficient (Wildman–Crippen LogP) is 0.189. The van der Waals surface area contributed by atoms with Gasteiger partial charge < -0.3 is 5.11 Å². The van der Waals surface area contributed by atoms with Gasteiger partial charge in [-0.1, -0.05) is 0 Å². The molecule has 3 heterocycles. The molecule has 4 aromatic rings. The maximum Gasteiger partial charge on any atom is 0.332 e. The summed E-state index contributed by atoms with van der Waals surface area (Å²) >= 11 is 0. The second-order valence-electron chi connectivity index (χ2n) is 6.19. The fraction of sp³-hybridized carbons (Fsp3) is 0.176. The number of aromatic nitrogens is 5. The Bertz CT molecular complexity index is 1420. The molecule has 0 saturated carbocycles. The number of fused-ring (bicyclic) bond motifs is 3. The Kier molecular flexibility index (Phi) is 3.35. The van der Waals surface area contributed by atoms with Gasteiger partial charge in [0.2, 0.25) is 11.7 Å². The molecule has 9 nitrogen and oxygen atoms in total. The molecule has 0 fully saturated rings. The molecule has 1 aromatic carbocycles. The first-order valence-corrected chi connectivity index (χ1v) is 7.92. The van der Waals surface area contributed by atoms with E-state index in [4.69, 9.17) is 0 Å². The standard InChI is InChI=1S/C17H14FN5O4/c1-8-13(24)22(10-6-4-9(18)5-7-10)16-19-12-11(23(16)14(8)25)15(26)21(3)17(27)20(12)2/h4-7,25H,1-3H3. The van der Waals surface area contributed by atoms with Crippen molar-refractivity contribution in [3.63, 3.8) is 0 Å². The van der Waals surface area contributed by atoms with Gasteiger partial charge in [-0.05, 0) is 31.2 Å². The second kappa shape index (κ2) is 5.40. The highest BCUT2D eigenvalue weighted by Crippen LogP contribution is 2.22. The third-order valence-electron chi connectivity index (χ3n) is 4.60. The number of hydrogen-bond donors (Lipinski definition) is 1. The fourth-order valence-electron chi connectivity index (χ4n) is 3.08. The molecule has 4 rings (SSSR count). The smallest absolute Gasteiger partial charge is 0.332 e. The third-order valence-corrected chi connectivity index (χ3v) is 4.60. The number of hydrogen-bond acceptors (Lipinski definition) is 5. The lowest BCUT2D eigenvalue weighted by Gasteiger charge is -2.11. The van der Waals surface area contributed by atoms with E-state index in [1.807, 2.05) is 0 Å². The van der Waals surface area contributed by atoms with Crippen LogP contribution in [0.1, 0.15) is 5.56 Å². The first-order valence-electron chi connectivity index (χ1n) is 7.92. The molecule has 0 radical (unpaired) electrons. The molecule has 0 bridgehead atoms. The van der Waals surface area contributed by atoms with Crippen molar-refractivity contribution in [2.24, 2.45) is 14.1 Å². The molecule has 3 aromatic heterocycles. The zero-order valence-electron chi connectivity index (χ0n) is 14.6. The Morgan fingerprint density at radius 2 is 1.63 bits per heavy atom. The summed E-state index contributed by atoms with van der Waals surface area (Å²) in [5, 5.41) is 10.5. The van der Waals surface area contributed by atoms with Gasteiger partial charge in [0.1, 0.15) is 5.82 Å². The van der Waals surface area contributed by atoms with Crippen molar-refractivity contribution in [2.75, 3.05) is 0 Å². The van der Waals surface area contributed by atoms with Crippen LogP contribution in [0.2, 0.25) is 0 Å². The number of halogens is 1. The largest absolute Gasteiger partial charge is 0.494 e. The van der Waals surface area contributed by atoms with Gasteiger partial charge in [-0.2, -0.15) is 4.98 Å². The molecule has 0 amide bonds. The molecule has 138 valence electrons. The summed E-state index contributed by atoms with van der Waals surface area (Å²) in [5.41, 5.74) is -1.61. The van der Waals surface area contributed by atoms with Crippen molar-refractivity contribution in [1.82, 2.24) is 23.1 Å². The van der Waals surface area contributed by atoms with E-state index in [2.05, 4.69) is 4.98 Å². The molecular weight excluding hydrogens is 357 g/mol. The van der Waals surface area contributed by atoms with Crippen molar-refractivity contribution in [3.05, 3.63) is 66.8 Å². The predicted molar refractivity (Wildman–Crippen MR) is 95.1 cm³/mol. The molecule has 1 N–H and O–H groups in total. The Hall–Kier alpha value is -3.69. The van der Waals surface area contributed by atoms with Crippen LogP contribution < -0.4 is 16.8 Å². The van der Waals surface area contributed by atoms with Gasteiger partial charge >= 0.3 is 5.69 Å². The second-order valence-corrected chi connectivity index (χ2v) is 6.19. The van der Waals surface area contributed by atoms with Crippen LogP contribution in [0.4, 0.5) is 4.39 Å². The van der Waals surface area contributed by atoms with Crippen LogP contribution in [-0.2, 0) is 14.1 Å². The average molecular weight is 371 g/mol. The van der Waals surface area contributed by atoms with Crippen molar-refractivity contribution in [2.45, 2.75) is 6.92 Å². The van der Waals surface area contributed by atoms with E-state index in [1.165, 1.54) is 45.3 Å². The van der Waals surface area contributed by atoms with E-state index in [-0.39, 0.29) is 22.5 Å². The molecule has 10 heteroatoms. The number of rotatable bonds is 1. The number of imidazole rings is 1. The molecule has 0 spiro atoms. The molecule has 0 unspecified atom stereocenters. The summed E-state index contributed by atoms with van der Waals surface area (Å²) in [6.45, 7) is 1.40. The van der Waals surface area contributed by atoms with E-state index >= 15 is 0 Å². The molecule has 0 atom stereocenters. The van der Waals surface area contributed by atoms with Gasteiger partial charge in [0.15, 0.2) is 11.2 Å². The van der Waals surface area contributed by atoms with Crippen LogP contribution in [0.25, 0.3) is 22.6 Å². The third kappa shape index (κ3) is 2.09. The maximum absolute atomic E-state index is 13.3. The van der Waals surface area contributed by atoms with Gasteiger partial charge in [-0.3, -0.25) is 18.7 Å². The van der Waals surface area contributed by atoms with Crippen LogP contribution in [-0.4, -0.2) is 28.2 Å². The minimum atomic E-state index is -0.667. The van der Waals surface area contributed by atoms with E-state index in [0.29, 0.717) is 5.69 Å². The minimum Gasteiger partial charge on any atom is -0.494 e. The number of aryl methyl sites for hydroxylation is 1. The molecule has 0 aliphatic carbocycles. The fourth-order valence-corrected chi connectivity index (χ4v) is 3.08. The molecule has 0 aliphatic heterocycles. The lowest BCUT2D eigenvalue weighted by Crippen LogP contribution is -2.37. The summed E-state index contributed by atoms with van der Waals surface area (Å²) in [6, 6.07) is 5.11. The molecular formula is C17H14FN5O4. The monoisotopic (exact) mass is 371 g/mol. The van der Waals surface area contributed by atoms with Gasteiger partial charge in [-0.15, -0.1) is 0 Å². The van der Waals surface area contributed by atoms with Crippen LogP contribution in [0, 0.1) is 12.7 Å². The maximum atomic E-state index is 13.3. The van der Waals surface area contributed by atoms with Gasteiger partial charge in [-0.25, -0.2) is 18.2 Å². The topological polar surface area (TPSA) is 104 Å². The summed E-state index contributed by atoms with van der Waals surface area (Å²) in [4.78, 5) is 41.9. The molecule has 0 aliphatic rings. The van der Waals surface area contributed by atoms with E-state index < -0.39 is 28.5 Å². The first kappa shape index (κ1) is 16.8. The zero-order chi connectivity index (χ0) is 19.6. The summed E-state index contributed by atoms with van der Waals surface area (Å²) in [5.74, 6) is -1.00. The SMILES string of the molecule is Cc1c(O)n2c3c(=O)n(C)c(=O)n(C)c3nc2n(-c2ccc(F)cc2)c1=O. The Morgan fingerprint density at radius 3 is 2.26 bits per heavy atom. The van der Waals surface area contributed by atoms with E-state index in [0.717, 1.165) is 18.1 Å². The van der Waals surface area contributed by atoms with Crippen molar-refractivity contribution < 1.29 is 9.50 Å². The number of nitrogens with zero attached hydrogens (tertiary/aromatic N) is 5. The summed E-state index contributed by atoms with van der Waals surface area (Å²) in [6.07, 6.45) is 0. The Morgan fingerprint density at radius 1 is 1.00 bits per heavy atom. The van der Waals surface area contributed by atoms with E-state index in [9.17, 15) is 23.9 Å². The summed E-state index contributed by atoms with van der Waals surface area (Å²) < 4.78 is 17.6. The van der Waals surface area contributed by atoms with Crippen molar-refractivity contribution in [1.29, 1.82) is 0 Å². The number of aromatic hydroxyl groups is 1. The normalized spacial score (nSPS) is 11.6. The van der Waals surface area contributed by atoms with Crippen LogP contribution in [0.15, 0.2) is 38.6 Å². The quantitative estimate of drug-likeness (QED) is 0.514. The van der Waals surface area contributed by atoms with E-state index in [1.54, 1.807) is 0 Å². The highest BCUT2D eigenvalue weighted by atomic mass is 19.1. The van der Waals surface area contributed by atoms with Crippen LogP contribution in [0.5, 0.6) is 5.88 Å². The summed E-state index contributed by atoms with van der Waals surface area (Å²) in [7, 11) is 2.74. The average Bonchev–Trinajstić information content (AvgIpc) is 3.05. The molecule has 0 saturated heterocycles.